The van der Waals surface area contributed by atoms with Gasteiger partial charge in [-0.1, -0.05) is 19.1 Å². The van der Waals surface area contributed by atoms with Crippen molar-refractivity contribution in [3.05, 3.63) is 52.1 Å². The van der Waals surface area contributed by atoms with Gasteiger partial charge in [0.25, 0.3) is 21.8 Å². The number of phenolic OH excluding ortho intramolecular Hbond substituents is 1. The number of amides is 1. The Balaban J connectivity index is 0. The van der Waals surface area contributed by atoms with Crippen molar-refractivity contribution in [3.63, 3.8) is 0 Å². The van der Waals surface area contributed by atoms with Crippen molar-refractivity contribution in [1.29, 1.82) is 0 Å². The molecule has 191 valence electrons. The fraction of sp³-hybridized carbons (Fsp3) is 0.222. The first kappa shape index (κ1) is 33.1. The molecule has 1 atom stereocenters. The van der Waals surface area contributed by atoms with Gasteiger partial charge in [0.05, 0.1) is 4.92 Å². The van der Waals surface area contributed by atoms with Crippen molar-refractivity contribution in [3.8, 4) is 5.75 Å². The molecule has 0 fully saturated rings. The third-order valence-corrected chi connectivity index (χ3v) is 4.93. The minimum atomic E-state index is -5.02. The third kappa shape index (κ3) is 8.38. The maximum Gasteiger partial charge on any atom is 0.428 e. The molecular weight excluding hydrogens is 572 g/mol. The zero-order chi connectivity index (χ0) is 23.3. The summed E-state index contributed by atoms with van der Waals surface area (Å²) < 4.78 is 31.9. The van der Waals surface area contributed by atoms with E-state index in [-0.39, 0.29) is 33.3 Å². The second kappa shape index (κ2) is 13.6. The molecule has 2 aromatic carbocycles. The number of phenols is 1. The molecule has 0 saturated heterocycles. The number of nitrogens with zero attached hydrogens (tertiary/aromatic N) is 3. The number of aromatic hydroxyl groups is 1. The number of anilines is 1. The zero-order valence-electron chi connectivity index (χ0n) is 17.8. The average Bonchev–Trinajstić information content (AvgIpc) is 2.68. The summed E-state index contributed by atoms with van der Waals surface area (Å²) in [6.07, 6.45) is 0.730. The van der Waals surface area contributed by atoms with Gasteiger partial charge < -0.3 is 16.1 Å². The van der Waals surface area contributed by atoms with E-state index in [4.69, 9.17) is 0 Å². The summed E-state index contributed by atoms with van der Waals surface area (Å²) in [4.78, 5) is 31.1. The molecule has 0 aromatic heterocycles. The smallest absolute Gasteiger partial charge is 0.428 e. The number of rotatable bonds is 8. The van der Waals surface area contributed by atoms with E-state index in [0.29, 0.717) is 17.8 Å². The van der Waals surface area contributed by atoms with Gasteiger partial charge in [0.2, 0.25) is 0 Å². The standard InChI is InChI=1S/C18H18N4O8S.Ag.2H2O/c1-3-11-5-4-6-12(7-11)19-18(25)16(10(2)23)21-20-14-8-13(22(26)27)9-15(17(14)24)31(28,29)30;;;/h4-9,16,24H,3H2,1-2H3,(H,19,25)(H,28,29,30);;2*1H2/p+3. The number of nitro benzene ring substituents is 1. The van der Waals surface area contributed by atoms with Crippen LogP contribution in [-0.2, 0) is 54.7 Å². The SMILES string of the molecule is CCc1cccc(NC(=[OH+])C(N=Nc2cc([N+](=O)[O-])cc(S(=O)(=O)O)c2O)C(C)=O)c1.[Ag].[OH3+].[OH3+]. The predicted molar refractivity (Wildman–Crippen MR) is 120 cm³/mol. The van der Waals surface area contributed by atoms with Crippen LogP contribution in [0.2, 0.25) is 0 Å². The molecule has 1 amide bonds. The summed E-state index contributed by atoms with van der Waals surface area (Å²) in [5.41, 5.74) is -0.0847. The molecule has 1 unspecified atom stereocenters. The first-order valence-electron chi connectivity index (χ1n) is 8.76. The number of nitro groups is 1. The van der Waals surface area contributed by atoms with Gasteiger partial charge in [0.1, 0.15) is 10.6 Å². The van der Waals surface area contributed by atoms with Crippen LogP contribution in [0, 0.1) is 10.1 Å². The molecule has 0 aliphatic rings. The first-order chi connectivity index (χ1) is 14.4. The number of azo groups is 1. The Bertz CT molecular complexity index is 1190. The van der Waals surface area contributed by atoms with Crippen molar-refractivity contribution in [2.45, 2.75) is 31.2 Å². The van der Waals surface area contributed by atoms with Crippen LogP contribution in [0.25, 0.3) is 0 Å². The molecule has 0 saturated carbocycles. The van der Waals surface area contributed by atoms with Gasteiger partial charge in [-0.2, -0.15) is 18.6 Å². The zero-order valence-corrected chi connectivity index (χ0v) is 20.1. The molecule has 2 rings (SSSR count). The predicted octanol–water partition coefficient (Wildman–Crippen LogP) is 0.919. The van der Waals surface area contributed by atoms with Gasteiger partial charge in [-0.3, -0.25) is 29.6 Å². The summed E-state index contributed by atoms with van der Waals surface area (Å²) >= 11 is 0. The normalized spacial score (nSPS) is 11.4. The Morgan fingerprint density at radius 1 is 1.26 bits per heavy atom. The van der Waals surface area contributed by atoms with Crippen molar-refractivity contribution < 1.29 is 65.9 Å². The van der Waals surface area contributed by atoms with E-state index in [9.17, 15) is 37.8 Å². The molecule has 16 heteroatoms. The van der Waals surface area contributed by atoms with E-state index in [2.05, 4.69) is 15.5 Å². The van der Waals surface area contributed by atoms with Crippen LogP contribution in [0.4, 0.5) is 17.1 Å². The number of hydrogen-bond donors (Lipinski definition) is 3. The van der Waals surface area contributed by atoms with Crippen LogP contribution in [-0.4, -0.2) is 45.5 Å². The molecule has 0 spiro atoms. The van der Waals surface area contributed by atoms with Crippen LogP contribution < -0.4 is 5.32 Å². The largest absolute Gasteiger partial charge is 0.504 e. The van der Waals surface area contributed by atoms with E-state index in [1.54, 1.807) is 18.2 Å². The number of non-ortho nitro benzene ring substituents is 1. The fourth-order valence-electron chi connectivity index (χ4n) is 2.49. The van der Waals surface area contributed by atoms with Crippen molar-refractivity contribution in [2.75, 3.05) is 5.32 Å². The quantitative estimate of drug-likeness (QED) is 0.0753. The summed E-state index contributed by atoms with van der Waals surface area (Å²) in [5, 5.41) is 30.7. The second-order valence-electron chi connectivity index (χ2n) is 6.34. The molecule has 1 radical (unpaired) electrons. The summed E-state index contributed by atoms with van der Waals surface area (Å²) in [5.74, 6) is -2.38. The average molecular weight is 597 g/mol. The summed E-state index contributed by atoms with van der Waals surface area (Å²) in [6.45, 7) is 3.03. The molecule has 0 aliphatic heterocycles. The number of aryl methyl sites for hydroxylation is 1. The van der Waals surface area contributed by atoms with Crippen LogP contribution in [0.5, 0.6) is 5.75 Å². The number of nitrogens with one attached hydrogen (secondary N) is 1. The maximum absolute atomic E-state index is 11.9. The molecular formula is C18H25AgN4O10S+3. The number of benzene rings is 2. The van der Waals surface area contributed by atoms with Crippen LogP contribution in [0.3, 0.4) is 0 Å². The number of carbonyl (C=O) groups excluding carboxylic acids is 2. The first-order valence-corrected chi connectivity index (χ1v) is 10.2. The van der Waals surface area contributed by atoms with Gasteiger partial charge in [0, 0.05) is 40.2 Å². The minimum absolute atomic E-state index is 0. The number of hydrogen-bond acceptors (Lipinski definition) is 8. The van der Waals surface area contributed by atoms with Gasteiger partial charge in [-0.05, 0) is 31.0 Å². The monoisotopic (exact) mass is 596 g/mol. The van der Waals surface area contributed by atoms with Gasteiger partial charge in [0.15, 0.2) is 11.5 Å². The van der Waals surface area contributed by atoms with Crippen LogP contribution in [0.15, 0.2) is 51.5 Å². The second-order valence-corrected chi connectivity index (χ2v) is 7.73. The Kier molecular flexibility index (Phi) is 13.3. The fourth-order valence-corrected chi connectivity index (χ4v) is 3.11. The van der Waals surface area contributed by atoms with E-state index >= 15 is 0 Å². The Labute approximate surface area is 209 Å². The van der Waals surface area contributed by atoms with E-state index in [1.165, 1.54) is 0 Å². The molecule has 0 aliphatic carbocycles. The van der Waals surface area contributed by atoms with E-state index in [0.717, 1.165) is 18.9 Å². The maximum atomic E-state index is 11.9. The Morgan fingerprint density at radius 3 is 2.38 bits per heavy atom. The van der Waals surface area contributed by atoms with Gasteiger partial charge in [-0.25, -0.2) is 0 Å². The van der Waals surface area contributed by atoms with Gasteiger partial charge in [-0.15, -0.1) is 0 Å². The van der Waals surface area contributed by atoms with Crippen LogP contribution in [0.1, 0.15) is 19.4 Å². The molecule has 0 heterocycles. The molecule has 10 N–H and O–H groups in total. The molecule has 14 nitrogen and oxygen atoms in total. The van der Waals surface area contributed by atoms with Crippen LogP contribution >= 0.6 is 0 Å². The number of carbonyl (C=O) groups is 1. The van der Waals surface area contributed by atoms with Crippen molar-refractivity contribution >= 4 is 38.9 Å². The van der Waals surface area contributed by atoms with E-state index < -0.39 is 54.8 Å². The molecule has 0 bridgehead atoms. The minimum Gasteiger partial charge on any atom is -0.504 e. The summed E-state index contributed by atoms with van der Waals surface area (Å²) in [7, 11) is -5.02. The summed E-state index contributed by atoms with van der Waals surface area (Å²) in [6, 6.07) is 6.53. The Morgan fingerprint density at radius 2 is 1.88 bits per heavy atom. The topological polar surface area (TPSA) is 259 Å². The van der Waals surface area contributed by atoms with Gasteiger partial charge >= 0.3 is 5.91 Å². The molecule has 2 aromatic rings. The Hall–Kier alpha value is -3.05. The molecule has 34 heavy (non-hydrogen) atoms. The van der Waals surface area contributed by atoms with Crippen molar-refractivity contribution in [1.82, 2.24) is 0 Å². The number of Topliss-reactive ketones (excluding diaryl/α,β-unsaturated/α-hetero) is 1. The third-order valence-electron chi connectivity index (χ3n) is 4.06. The van der Waals surface area contributed by atoms with Crippen molar-refractivity contribution in [2.24, 2.45) is 10.2 Å². The van der Waals surface area contributed by atoms with E-state index in [1.807, 2.05) is 13.0 Å². The number of ketones is 1.